The lowest BCUT2D eigenvalue weighted by molar-refractivity contribution is -0.123. The first-order valence-corrected chi connectivity index (χ1v) is 9.75. The average Bonchev–Trinajstić information content (AvgIpc) is 2.62. The van der Waals surface area contributed by atoms with Crippen LogP contribution < -0.4 is 20.1 Å². The van der Waals surface area contributed by atoms with E-state index < -0.39 is 0 Å². The number of amides is 1. The van der Waals surface area contributed by atoms with Crippen LogP contribution in [-0.4, -0.2) is 32.2 Å². The zero-order valence-corrected chi connectivity index (χ0v) is 18.0. The number of methoxy groups -OCH3 is 1. The second-order valence-corrected chi connectivity index (χ2v) is 7.63. The molecular weight excluding hydrogens is 364 g/mol. The van der Waals surface area contributed by atoms with Crippen molar-refractivity contribution in [2.75, 3.05) is 20.2 Å². The molecular formula is C21H35ClN2O3. The summed E-state index contributed by atoms with van der Waals surface area (Å²) >= 11 is 0. The number of hydrogen-bond acceptors (Lipinski definition) is 4. The zero-order valence-electron chi connectivity index (χ0n) is 17.2. The third-order valence-electron chi connectivity index (χ3n) is 5.12. The summed E-state index contributed by atoms with van der Waals surface area (Å²) in [4.78, 5) is 12.5. The minimum absolute atomic E-state index is 0. The third kappa shape index (κ3) is 7.23. The average molecular weight is 399 g/mol. The summed E-state index contributed by atoms with van der Waals surface area (Å²) < 4.78 is 11.2. The third-order valence-corrected chi connectivity index (χ3v) is 5.12. The Kier molecular flexibility index (Phi) is 9.95. The van der Waals surface area contributed by atoms with Crippen LogP contribution in [0.15, 0.2) is 18.2 Å². The maximum atomic E-state index is 12.5. The van der Waals surface area contributed by atoms with Gasteiger partial charge < -0.3 is 20.1 Å². The Morgan fingerprint density at radius 2 is 1.85 bits per heavy atom. The Hall–Kier alpha value is -1.46. The maximum absolute atomic E-state index is 12.5. The number of rotatable bonds is 8. The summed E-state index contributed by atoms with van der Waals surface area (Å²) in [6.07, 6.45) is 3.00. The van der Waals surface area contributed by atoms with E-state index in [9.17, 15) is 4.79 Å². The molecule has 1 amide bonds. The molecule has 1 fully saturated rings. The molecule has 0 aliphatic carbocycles. The van der Waals surface area contributed by atoms with Crippen molar-refractivity contribution in [2.24, 2.45) is 11.8 Å². The first-order valence-electron chi connectivity index (χ1n) is 9.75. The summed E-state index contributed by atoms with van der Waals surface area (Å²) in [7, 11) is 1.64. The predicted octanol–water partition coefficient (Wildman–Crippen LogP) is 4.11. The number of halogens is 1. The molecule has 1 aliphatic rings. The summed E-state index contributed by atoms with van der Waals surface area (Å²) in [5.74, 6) is 2.60. The van der Waals surface area contributed by atoms with Gasteiger partial charge in [0, 0.05) is 6.42 Å². The van der Waals surface area contributed by atoms with E-state index >= 15 is 0 Å². The van der Waals surface area contributed by atoms with Gasteiger partial charge in [-0.25, -0.2) is 0 Å². The second-order valence-electron chi connectivity index (χ2n) is 7.63. The van der Waals surface area contributed by atoms with E-state index in [1.165, 1.54) is 12.8 Å². The van der Waals surface area contributed by atoms with E-state index in [1.807, 2.05) is 39.0 Å². The van der Waals surface area contributed by atoms with Crippen molar-refractivity contribution in [1.29, 1.82) is 0 Å². The minimum Gasteiger partial charge on any atom is -0.493 e. The quantitative estimate of drug-likeness (QED) is 0.691. The Labute approximate surface area is 170 Å². The SMILES string of the molecule is COc1cc(C(C)NC(=O)CC(C)C2CCNCC2)ccc1OC(C)C.Cl. The highest BCUT2D eigenvalue weighted by Crippen LogP contribution is 2.31. The maximum Gasteiger partial charge on any atom is 0.220 e. The van der Waals surface area contributed by atoms with Gasteiger partial charge in [0.05, 0.1) is 19.3 Å². The van der Waals surface area contributed by atoms with Crippen molar-refractivity contribution in [1.82, 2.24) is 10.6 Å². The Morgan fingerprint density at radius 1 is 1.19 bits per heavy atom. The van der Waals surface area contributed by atoms with E-state index in [1.54, 1.807) is 7.11 Å². The van der Waals surface area contributed by atoms with Gasteiger partial charge in [-0.1, -0.05) is 13.0 Å². The van der Waals surface area contributed by atoms with Gasteiger partial charge in [0.1, 0.15) is 0 Å². The van der Waals surface area contributed by atoms with E-state index in [2.05, 4.69) is 17.6 Å². The lowest BCUT2D eigenvalue weighted by Gasteiger charge is -2.28. The molecule has 2 unspecified atom stereocenters. The molecule has 27 heavy (non-hydrogen) atoms. The van der Waals surface area contributed by atoms with Gasteiger partial charge in [0.2, 0.25) is 5.91 Å². The van der Waals surface area contributed by atoms with E-state index in [0.29, 0.717) is 24.0 Å². The van der Waals surface area contributed by atoms with Crippen LogP contribution in [0.25, 0.3) is 0 Å². The largest absolute Gasteiger partial charge is 0.493 e. The number of ether oxygens (including phenoxy) is 2. The fraction of sp³-hybridized carbons (Fsp3) is 0.667. The smallest absolute Gasteiger partial charge is 0.220 e. The number of piperidine rings is 1. The van der Waals surface area contributed by atoms with Crippen LogP contribution in [0.3, 0.4) is 0 Å². The van der Waals surface area contributed by atoms with Crippen molar-refractivity contribution >= 4 is 18.3 Å². The van der Waals surface area contributed by atoms with E-state index in [4.69, 9.17) is 9.47 Å². The molecule has 1 aromatic carbocycles. The molecule has 0 saturated carbocycles. The number of hydrogen-bond donors (Lipinski definition) is 2. The fourth-order valence-electron chi connectivity index (χ4n) is 3.56. The van der Waals surface area contributed by atoms with Gasteiger partial charge in [-0.05, 0) is 76.2 Å². The predicted molar refractivity (Wildman–Crippen MR) is 112 cm³/mol. The molecule has 0 radical (unpaired) electrons. The molecule has 154 valence electrons. The van der Waals surface area contributed by atoms with Crippen LogP contribution in [0.5, 0.6) is 11.5 Å². The first-order chi connectivity index (χ1) is 12.4. The molecule has 6 heteroatoms. The summed E-state index contributed by atoms with van der Waals surface area (Å²) in [6.45, 7) is 10.3. The van der Waals surface area contributed by atoms with Crippen molar-refractivity contribution < 1.29 is 14.3 Å². The highest BCUT2D eigenvalue weighted by atomic mass is 35.5. The van der Waals surface area contributed by atoms with Crippen LogP contribution in [-0.2, 0) is 4.79 Å². The summed E-state index contributed by atoms with van der Waals surface area (Å²) in [5.41, 5.74) is 1.01. The van der Waals surface area contributed by atoms with Gasteiger partial charge in [-0.15, -0.1) is 12.4 Å². The van der Waals surface area contributed by atoms with Crippen LogP contribution in [0, 0.1) is 11.8 Å². The molecule has 2 rings (SSSR count). The topological polar surface area (TPSA) is 59.6 Å². The second kappa shape index (κ2) is 11.4. The molecule has 0 spiro atoms. The van der Waals surface area contributed by atoms with Crippen LogP contribution in [0.4, 0.5) is 0 Å². The highest BCUT2D eigenvalue weighted by Gasteiger charge is 2.23. The van der Waals surface area contributed by atoms with Gasteiger partial charge in [0.25, 0.3) is 0 Å². The van der Waals surface area contributed by atoms with E-state index in [0.717, 1.165) is 24.4 Å². The van der Waals surface area contributed by atoms with E-state index in [-0.39, 0.29) is 30.5 Å². The van der Waals surface area contributed by atoms with Crippen molar-refractivity contribution in [3.63, 3.8) is 0 Å². The molecule has 1 saturated heterocycles. The number of benzene rings is 1. The molecule has 1 heterocycles. The van der Waals surface area contributed by atoms with Crippen molar-refractivity contribution in [3.05, 3.63) is 23.8 Å². The fourth-order valence-corrected chi connectivity index (χ4v) is 3.56. The Morgan fingerprint density at radius 3 is 2.44 bits per heavy atom. The van der Waals surface area contributed by atoms with Gasteiger partial charge in [-0.3, -0.25) is 4.79 Å². The molecule has 2 atom stereocenters. The number of carbonyl (C=O) groups excluding carboxylic acids is 1. The number of carbonyl (C=O) groups is 1. The molecule has 0 aromatic heterocycles. The first kappa shape index (κ1) is 23.6. The van der Waals surface area contributed by atoms with Crippen molar-refractivity contribution in [2.45, 2.75) is 59.1 Å². The van der Waals surface area contributed by atoms with Gasteiger partial charge >= 0.3 is 0 Å². The zero-order chi connectivity index (χ0) is 19.1. The molecule has 0 bridgehead atoms. The summed E-state index contributed by atoms with van der Waals surface area (Å²) in [5, 5.41) is 6.51. The molecule has 5 nitrogen and oxygen atoms in total. The van der Waals surface area contributed by atoms with Gasteiger partial charge in [0.15, 0.2) is 11.5 Å². The lowest BCUT2D eigenvalue weighted by Crippen LogP contribution is -2.34. The van der Waals surface area contributed by atoms with Crippen LogP contribution in [0.2, 0.25) is 0 Å². The number of nitrogens with one attached hydrogen (secondary N) is 2. The van der Waals surface area contributed by atoms with Crippen LogP contribution in [0.1, 0.15) is 58.6 Å². The standard InChI is InChI=1S/C21H34N2O3.ClH/c1-14(2)26-19-7-6-18(13-20(19)25-5)16(4)23-21(24)12-15(3)17-8-10-22-11-9-17;/h6-7,13-17,22H,8-12H2,1-5H3,(H,23,24);1H. The Bertz CT molecular complexity index is 589. The highest BCUT2D eigenvalue weighted by molar-refractivity contribution is 5.85. The molecule has 1 aliphatic heterocycles. The molecule has 1 aromatic rings. The summed E-state index contributed by atoms with van der Waals surface area (Å²) in [6, 6.07) is 5.78. The normalized spacial score (nSPS) is 17.0. The van der Waals surface area contributed by atoms with Crippen molar-refractivity contribution in [3.8, 4) is 11.5 Å². The van der Waals surface area contributed by atoms with Crippen LogP contribution >= 0.6 is 12.4 Å². The molecule has 2 N–H and O–H groups in total. The lowest BCUT2D eigenvalue weighted by atomic mass is 9.84. The Balaban J connectivity index is 0.00000364. The minimum atomic E-state index is -0.0651. The van der Waals surface area contributed by atoms with Gasteiger partial charge in [-0.2, -0.15) is 0 Å². The monoisotopic (exact) mass is 398 g/mol.